The van der Waals surface area contributed by atoms with Crippen molar-refractivity contribution in [2.24, 2.45) is 0 Å². The van der Waals surface area contributed by atoms with Crippen LogP contribution in [0.5, 0.6) is 0 Å². The summed E-state index contributed by atoms with van der Waals surface area (Å²) in [5.74, 6) is 0. The molecule has 0 aromatic heterocycles. The lowest BCUT2D eigenvalue weighted by atomic mass is 10.1. The van der Waals surface area contributed by atoms with E-state index < -0.39 is 15.2 Å². The van der Waals surface area contributed by atoms with Gasteiger partial charge in [-0.3, -0.25) is 0 Å². The summed E-state index contributed by atoms with van der Waals surface area (Å²) in [4.78, 5) is 0. The molecule has 0 amide bonds. The number of benzene rings is 7. The summed E-state index contributed by atoms with van der Waals surface area (Å²) in [7, 11) is -2.95. The molecule has 43 heavy (non-hydrogen) atoms. The van der Waals surface area contributed by atoms with E-state index in [9.17, 15) is 0 Å². The molecular weight excluding hydrogens is 554 g/mol. The first-order chi connectivity index (χ1) is 21.3. The van der Waals surface area contributed by atoms with E-state index in [1.165, 1.54) is 48.2 Å². The molecule has 0 radical (unpaired) electrons. The van der Waals surface area contributed by atoms with E-state index in [2.05, 4.69) is 188 Å². The average Bonchev–Trinajstić information content (AvgIpc) is 3.09. The molecule has 0 nitrogen and oxygen atoms in total. The van der Waals surface area contributed by atoms with E-state index in [1.54, 1.807) is 0 Å². The Balaban J connectivity index is 1.60. The minimum Gasteiger partial charge on any atom is -0.0622 e. The van der Waals surface area contributed by atoms with Gasteiger partial charge >= 0.3 is 0 Å². The zero-order valence-electron chi connectivity index (χ0n) is 24.0. The van der Waals surface area contributed by atoms with Gasteiger partial charge in [-0.15, -0.1) is 0 Å². The van der Waals surface area contributed by atoms with Crippen molar-refractivity contribution < 1.29 is 0 Å². The summed E-state index contributed by atoms with van der Waals surface area (Å²) in [6, 6.07) is 69.8. The minimum atomic E-state index is -2.16. The van der Waals surface area contributed by atoms with Gasteiger partial charge in [0.15, 0.2) is 0 Å². The molecule has 206 valence electrons. The summed E-state index contributed by atoms with van der Waals surface area (Å²) in [5, 5.41) is 11.2. The van der Waals surface area contributed by atoms with Crippen molar-refractivity contribution in [1.29, 1.82) is 0 Å². The number of fused-ring (bicyclic) bond motifs is 1. The third-order valence-corrected chi connectivity index (χ3v) is 15.1. The maximum atomic E-state index is 2.44. The van der Waals surface area contributed by atoms with Crippen molar-refractivity contribution in [3.05, 3.63) is 194 Å². The normalized spacial score (nSPS) is 11.6. The minimum absolute atomic E-state index is 0.788. The molecule has 0 saturated carbocycles. The molecule has 7 aromatic rings. The first-order valence-corrected chi connectivity index (χ1v) is 18.1. The van der Waals surface area contributed by atoms with E-state index in [1.807, 2.05) is 0 Å². The average molecular weight is 588 g/mol. The second-order valence-corrected chi connectivity index (χ2v) is 16.4. The van der Waals surface area contributed by atoms with E-state index >= 15 is 0 Å². The Morgan fingerprint density at radius 3 is 1.35 bits per heavy atom. The number of hydrogen-bond donors (Lipinski definition) is 0. The van der Waals surface area contributed by atoms with Crippen molar-refractivity contribution in [3.8, 4) is 0 Å². The Hall–Kier alpha value is -4.34. The Labute approximate surface area is 256 Å². The predicted molar refractivity (Wildman–Crippen MR) is 192 cm³/mol. The van der Waals surface area contributed by atoms with Gasteiger partial charge in [-0.25, -0.2) is 0 Å². The maximum Gasteiger partial charge on any atom is 0.117 e. The fourth-order valence-electron chi connectivity index (χ4n) is 6.30. The SMILES string of the molecule is c1ccc(C[P+](c2ccccc2)(c2ccccc2)c2cccc3cccc(P(c4ccccc4)c4ccccc4)c23)cc1. The largest absolute Gasteiger partial charge is 0.117 e. The van der Waals surface area contributed by atoms with Crippen LogP contribution in [0.1, 0.15) is 5.56 Å². The summed E-state index contributed by atoms with van der Waals surface area (Å²) in [5.41, 5.74) is 1.37. The molecule has 0 N–H and O–H groups in total. The third-order valence-electron chi connectivity index (χ3n) is 8.20. The highest BCUT2D eigenvalue weighted by Gasteiger charge is 2.47. The zero-order valence-corrected chi connectivity index (χ0v) is 25.8. The summed E-state index contributed by atoms with van der Waals surface area (Å²) in [6.07, 6.45) is 0.962. The van der Waals surface area contributed by atoms with Gasteiger partial charge in [-0.2, -0.15) is 0 Å². The smallest absolute Gasteiger partial charge is 0.0622 e. The molecule has 0 heterocycles. The Morgan fingerprint density at radius 1 is 0.395 bits per heavy atom. The molecule has 0 aliphatic heterocycles. The molecule has 0 bridgehead atoms. The van der Waals surface area contributed by atoms with Crippen LogP contribution in [-0.2, 0) is 6.16 Å². The molecule has 0 atom stereocenters. The van der Waals surface area contributed by atoms with Gasteiger partial charge in [0.2, 0.25) is 0 Å². The van der Waals surface area contributed by atoms with E-state index in [4.69, 9.17) is 0 Å². The lowest BCUT2D eigenvalue weighted by molar-refractivity contribution is 1.39. The topological polar surface area (TPSA) is 0 Å². The van der Waals surface area contributed by atoms with Crippen LogP contribution in [0.3, 0.4) is 0 Å². The maximum absolute atomic E-state index is 2.44. The summed E-state index contributed by atoms with van der Waals surface area (Å²) < 4.78 is 0. The third kappa shape index (κ3) is 5.34. The highest BCUT2D eigenvalue weighted by atomic mass is 31.2. The molecule has 0 aliphatic carbocycles. The van der Waals surface area contributed by atoms with Gasteiger partial charge in [0.25, 0.3) is 0 Å². The van der Waals surface area contributed by atoms with Gasteiger partial charge in [0, 0.05) is 5.39 Å². The standard InChI is InChI=1S/C41H33P2/c1-6-18-33(19-7-1)32-43(37-26-12-4-13-27-37,38-28-14-5-15-29-38)40-31-17-21-34-20-16-30-39(41(34)40)42(35-22-8-2-9-23-35)36-24-10-3-11-25-36/h1-31H,32H2/q+1. The Bertz CT molecular complexity index is 1840. The Morgan fingerprint density at radius 2 is 0.837 bits per heavy atom. The quantitative estimate of drug-likeness (QED) is 0.158. The fraction of sp³-hybridized carbons (Fsp3) is 0.0244. The van der Waals surface area contributed by atoms with Gasteiger partial charge in [0.1, 0.15) is 23.2 Å². The van der Waals surface area contributed by atoms with E-state index in [0.717, 1.165) is 6.16 Å². The Kier molecular flexibility index (Phi) is 7.98. The van der Waals surface area contributed by atoms with Crippen LogP contribution < -0.4 is 31.8 Å². The highest BCUT2D eigenvalue weighted by molar-refractivity contribution is 7.95. The van der Waals surface area contributed by atoms with Gasteiger partial charge < -0.3 is 0 Å². The molecule has 0 unspecified atom stereocenters. The second kappa shape index (κ2) is 12.5. The lowest BCUT2D eigenvalue weighted by Gasteiger charge is -2.30. The van der Waals surface area contributed by atoms with Gasteiger partial charge in [-0.05, 0) is 65.1 Å². The van der Waals surface area contributed by atoms with Crippen LogP contribution in [0.25, 0.3) is 10.8 Å². The first kappa shape index (κ1) is 27.5. The first-order valence-electron chi connectivity index (χ1n) is 14.8. The molecule has 0 saturated heterocycles. The molecule has 0 spiro atoms. The monoisotopic (exact) mass is 587 g/mol. The van der Waals surface area contributed by atoms with Crippen LogP contribution in [0.4, 0.5) is 0 Å². The molecule has 7 aromatic carbocycles. The number of hydrogen-bond acceptors (Lipinski definition) is 0. The van der Waals surface area contributed by atoms with Crippen LogP contribution in [-0.4, -0.2) is 0 Å². The van der Waals surface area contributed by atoms with Crippen molar-refractivity contribution in [3.63, 3.8) is 0 Å². The summed E-state index contributed by atoms with van der Waals surface area (Å²) in [6.45, 7) is 0. The fourth-order valence-corrected chi connectivity index (χ4v) is 13.4. The van der Waals surface area contributed by atoms with Crippen molar-refractivity contribution in [2.45, 2.75) is 6.16 Å². The number of rotatable bonds is 8. The van der Waals surface area contributed by atoms with E-state index in [0.29, 0.717) is 0 Å². The molecule has 2 heteroatoms. The lowest BCUT2D eigenvalue weighted by Crippen LogP contribution is -2.35. The van der Waals surface area contributed by atoms with Crippen LogP contribution in [0.2, 0.25) is 0 Å². The predicted octanol–water partition coefficient (Wildman–Crippen LogP) is 8.09. The van der Waals surface area contributed by atoms with Crippen molar-refractivity contribution >= 4 is 57.8 Å². The highest BCUT2D eigenvalue weighted by Crippen LogP contribution is 2.59. The molecular formula is C41H33P2+. The van der Waals surface area contributed by atoms with Crippen LogP contribution in [0.15, 0.2) is 188 Å². The van der Waals surface area contributed by atoms with Crippen molar-refractivity contribution in [1.82, 2.24) is 0 Å². The van der Waals surface area contributed by atoms with Crippen molar-refractivity contribution in [2.75, 3.05) is 0 Å². The van der Waals surface area contributed by atoms with Crippen LogP contribution >= 0.6 is 15.2 Å². The van der Waals surface area contributed by atoms with Gasteiger partial charge in [-0.1, -0.05) is 158 Å². The zero-order chi connectivity index (χ0) is 28.9. The van der Waals surface area contributed by atoms with E-state index in [-0.39, 0.29) is 0 Å². The van der Waals surface area contributed by atoms with Gasteiger partial charge in [0.05, 0.1) is 6.16 Å². The molecule has 0 fully saturated rings. The second-order valence-electron chi connectivity index (χ2n) is 10.8. The molecule has 7 rings (SSSR count). The molecule has 0 aliphatic rings. The van der Waals surface area contributed by atoms with Crippen LogP contribution in [0, 0.1) is 0 Å². The summed E-state index contributed by atoms with van der Waals surface area (Å²) >= 11 is 0.